The van der Waals surface area contributed by atoms with Gasteiger partial charge in [0, 0.05) is 29.6 Å². The number of rotatable bonds is 8. The normalized spacial score (nSPS) is 12.4. The molecular formula is C25H27N3O6. The SMILES string of the molecule is CC(=O)c1cc2c(cc1NC(=O)COC(=O)/C(C#N)=C/c1cc(C)n(CC(C)C)c1C)OCO2. The molecule has 1 aliphatic heterocycles. The van der Waals surface area contributed by atoms with Crippen molar-refractivity contribution in [2.75, 3.05) is 18.7 Å². The van der Waals surface area contributed by atoms with Crippen molar-refractivity contribution in [3.8, 4) is 17.6 Å². The first-order valence-electron chi connectivity index (χ1n) is 10.8. The molecular weight excluding hydrogens is 438 g/mol. The van der Waals surface area contributed by atoms with E-state index >= 15 is 0 Å². The Morgan fingerprint density at radius 1 is 1.21 bits per heavy atom. The number of carbonyl (C=O) groups is 3. The van der Waals surface area contributed by atoms with E-state index in [-0.39, 0.29) is 29.4 Å². The van der Waals surface area contributed by atoms with Crippen LogP contribution in [0.5, 0.6) is 11.5 Å². The quantitative estimate of drug-likeness (QED) is 0.273. The molecule has 3 rings (SSSR count). The summed E-state index contributed by atoms with van der Waals surface area (Å²) < 4.78 is 17.7. The van der Waals surface area contributed by atoms with E-state index in [1.54, 1.807) is 0 Å². The smallest absolute Gasteiger partial charge is 0.349 e. The van der Waals surface area contributed by atoms with Crippen molar-refractivity contribution in [1.29, 1.82) is 5.26 Å². The van der Waals surface area contributed by atoms with Gasteiger partial charge in [-0.1, -0.05) is 13.8 Å². The van der Waals surface area contributed by atoms with Crippen LogP contribution in [0.15, 0.2) is 23.8 Å². The molecule has 9 nitrogen and oxygen atoms in total. The molecule has 2 heterocycles. The molecule has 0 radical (unpaired) electrons. The van der Waals surface area contributed by atoms with Crippen molar-refractivity contribution in [2.24, 2.45) is 5.92 Å². The van der Waals surface area contributed by atoms with E-state index in [4.69, 9.17) is 14.2 Å². The average Bonchev–Trinajstić information content (AvgIpc) is 3.34. The topological polar surface area (TPSA) is 120 Å². The van der Waals surface area contributed by atoms with Crippen LogP contribution in [0.2, 0.25) is 0 Å². The highest BCUT2D eigenvalue weighted by Gasteiger charge is 2.21. The van der Waals surface area contributed by atoms with Crippen molar-refractivity contribution >= 4 is 29.4 Å². The molecule has 178 valence electrons. The van der Waals surface area contributed by atoms with Crippen LogP contribution in [0, 0.1) is 31.1 Å². The lowest BCUT2D eigenvalue weighted by Crippen LogP contribution is -2.22. The van der Waals surface area contributed by atoms with Gasteiger partial charge in [0.05, 0.1) is 5.69 Å². The third-order valence-electron chi connectivity index (χ3n) is 5.30. The van der Waals surface area contributed by atoms with Gasteiger partial charge in [0.25, 0.3) is 5.91 Å². The highest BCUT2D eigenvalue weighted by molar-refractivity contribution is 6.05. The number of amides is 1. The summed E-state index contributed by atoms with van der Waals surface area (Å²) in [6.07, 6.45) is 1.46. The molecule has 1 aromatic carbocycles. The molecule has 1 aromatic heterocycles. The lowest BCUT2D eigenvalue weighted by molar-refractivity contribution is -0.142. The van der Waals surface area contributed by atoms with Gasteiger partial charge in [0.1, 0.15) is 11.6 Å². The Kier molecular flexibility index (Phi) is 7.41. The standard InChI is InChI=1S/C25H27N3O6/c1-14(2)11-28-15(3)6-18(16(28)4)7-19(10-26)25(31)32-12-24(30)27-21-9-23-22(33-13-34-23)8-20(21)17(5)29/h6-9,14H,11-13H2,1-5H3,(H,27,30)/b19-7+. The van der Waals surface area contributed by atoms with Crippen LogP contribution in [0.1, 0.15) is 48.1 Å². The van der Waals surface area contributed by atoms with E-state index in [0.717, 1.165) is 23.5 Å². The lowest BCUT2D eigenvalue weighted by atomic mass is 10.1. The fourth-order valence-corrected chi connectivity index (χ4v) is 3.64. The maximum atomic E-state index is 12.5. The molecule has 9 heteroatoms. The fraction of sp³-hybridized carbons (Fsp3) is 0.360. The van der Waals surface area contributed by atoms with Crippen LogP contribution >= 0.6 is 0 Å². The van der Waals surface area contributed by atoms with Gasteiger partial charge in [-0.3, -0.25) is 9.59 Å². The number of carbonyl (C=O) groups excluding carboxylic acids is 3. The summed E-state index contributed by atoms with van der Waals surface area (Å²) in [6.45, 7) is 9.68. The molecule has 0 unspecified atom stereocenters. The van der Waals surface area contributed by atoms with Gasteiger partial charge in [0.15, 0.2) is 23.9 Å². The second kappa shape index (κ2) is 10.3. The third kappa shape index (κ3) is 5.46. The summed E-state index contributed by atoms with van der Waals surface area (Å²) in [5.74, 6) is -0.622. The molecule has 2 aromatic rings. The second-order valence-corrected chi connectivity index (χ2v) is 8.43. The molecule has 0 saturated heterocycles. The number of hydrogen-bond acceptors (Lipinski definition) is 7. The number of nitrogens with one attached hydrogen (secondary N) is 1. The van der Waals surface area contributed by atoms with E-state index in [2.05, 4.69) is 23.7 Å². The number of ether oxygens (including phenoxy) is 3. The van der Waals surface area contributed by atoms with Crippen molar-refractivity contribution in [3.05, 3.63) is 46.3 Å². The monoisotopic (exact) mass is 465 g/mol. The van der Waals surface area contributed by atoms with Gasteiger partial charge >= 0.3 is 5.97 Å². The lowest BCUT2D eigenvalue weighted by Gasteiger charge is -2.12. The summed E-state index contributed by atoms with van der Waals surface area (Å²) in [5.41, 5.74) is 2.92. The van der Waals surface area contributed by atoms with Crippen LogP contribution < -0.4 is 14.8 Å². The summed E-state index contributed by atoms with van der Waals surface area (Å²) in [5, 5.41) is 12.0. The summed E-state index contributed by atoms with van der Waals surface area (Å²) in [7, 11) is 0. The first-order valence-corrected chi connectivity index (χ1v) is 10.8. The number of anilines is 1. The number of esters is 1. The zero-order valence-corrected chi connectivity index (χ0v) is 19.9. The van der Waals surface area contributed by atoms with Crippen LogP contribution in [-0.2, 0) is 20.9 Å². The van der Waals surface area contributed by atoms with Crippen LogP contribution in [0.25, 0.3) is 6.08 Å². The number of benzene rings is 1. The number of hydrogen-bond donors (Lipinski definition) is 1. The number of aromatic nitrogens is 1. The Balaban J connectivity index is 1.69. The molecule has 0 saturated carbocycles. The summed E-state index contributed by atoms with van der Waals surface area (Å²) >= 11 is 0. The molecule has 1 amide bonds. The molecule has 0 fully saturated rings. The average molecular weight is 466 g/mol. The van der Waals surface area contributed by atoms with Gasteiger partial charge in [0.2, 0.25) is 6.79 Å². The fourth-order valence-electron chi connectivity index (χ4n) is 3.64. The number of Topliss-reactive ketones (excluding diaryl/α,β-unsaturated/α-hetero) is 1. The second-order valence-electron chi connectivity index (χ2n) is 8.43. The highest BCUT2D eigenvalue weighted by Crippen LogP contribution is 2.37. The van der Waals surface area contributed by atoms with Gasteiger partial charge < -0.3 is 24.1 Å². The van der Waals surface area contributed by atoms with Gasteiger partial charge in [-0.2, -0.15) is 5.26 Å². The Morgan fingerprint density at radius 3 is 2.50 bits per heavy atom. The van der Waals surface area contributed by atoms with Gasteiger partial charge in [-0.25, -0.2) is 4.79 Å². The maximum absolute atomic E-state index is 12.5. The minimum atomic E-state index is -0.913. The van der Waals surface area contributed by atoms with E-state index in [1.807, 2.05) is 26.0 Å². The van der Waals surface area contributed by atoms with Crippen molar-refractivity contribution < 1.29 is 28.6 Å². The third-order valence-corrected chi connectivity index (χ3v) is 5.30. The van der Waals surface area contributed by atoms with Crippen LogP contribution in [-0.4, -0.2) is 35.6 Å². The predicted molar refractivity (Wildman–Crippen MR) is 124 cm³/mol. The Labute approximate surface area is 197 Å². The predicted octanol–water partition coefficient (Wildman–Crippen LogP) is 3.78. The number of aryl methyl sites for hydroxylation is 1. The van der Waals surface area contributed by atoms with E-state index in [0.29, 0.717) is 17.4 Å². The van der Waals surface area contributed by atoms with E-state index < -0.39 is 18.5 Å². The highest BCUT2D eigenvalue weighted by atomic mass is 16.7. The molecule has 0 bridgehead atoms. The molecule has 34 heavy (non-hydrogen) atoms. The van der Waals surface area contributed by atoms with E-state index in [9.17, 15) is 19.6 Å². The number of nitriles is 1. The number of ketones is 1. The van der Waals surface area contributed by atoms with Crippen molar-refractivity contribution in [3.63, 3.8) is 0 Å². The number of fused-ring (bicyclic) bond motifs is 1. The largest absolute Gasteiger partial charge is 0.454 e. The molecule has 1 aliphatic rings. The minimum Gasteiger partial charge on any atom is -0.454 e. The number of nitrogens with zero attached hydrogens (tertiary/aromatic N) is 2. The summed E-state index contributed by atoms with van der Waals surface area (Å²) in [4.78, 5) is 36.8. The van der Waals surface area contributed by atoms with Crippen molar-refractivity contribution in [1.82, 2.24) is 4.57 Å². The minimum absolute atomic E-state index is 0.0187. The van der Waals surface area contributed by atoms with Crippen LogP contribution in [0.3, 0.4) is 0 Å². The summed E-state index contributed by atoms with van der Waals surface area (Å²) in [6, 6.07) is 6.71. The molecule has 0 spiro atoms. The maximum Gasteiger partial charge on any atom is 0.349 e. The first kappa shape index (κ1) is 24.6. The zero-order chi connectivity index (χ0) is 25.0. The molecule has 0 atom stereocenters. The van der Waals surface area contributed by atoms with E-state index in [1.165, 1.54) is 25.1 Å². The van der Waals surface area contributed by atoms with Crippen molar-refractivity contribution in [2.45, 2.75) is 41.2 Å². The Bertz CT molecular complexity index is 1220. The zero-order valence-electron chi connectivity index (χ0n) is 19.9. The first-order chi connectivity index (χ1) is 16.1. The molecule has 0 aliphatic carbocycles. The van der Waals surface area contributed by atoms with Gasteiger partial charge in [-0.15, -0.1) is 0 Å². The Hall–Kier alpha value is -4.06. The van der Waals surface area contributed by atoms with Gasteiger partial charge in [-0.05, 0) is 50.5 Å². The Morgan fingerprint density at radius 2 is 1.88 bits per heavy atom. The molecule has 1 N–H and O–H groups in total. The van der Waals surface area contributed by atoms with Crippen LogP contribution in [0.4, 0.5) is 5.69 Å².